The van der Waals surface area contributed by atoms with Gasteiger partial charge in [-0.15, -0.1) is 5.10 Å². The van der Waals surface area contributed by atoms with Gasteiger partial charge in [0, 0.05) is 18.2 Å². The van der Waals surface area contributed by atoms with Gasteiger partial charge < -0.3 is 9.64 Å². The molecule has 8 heteroatoms. The van der Waals surface area contributed by atoms with Gasteiger partial charge in [0.25, 0.3) is 5.91 Å². The van der Waals surface area contributed by atoms with Crippen molar-refractivity contribution in [2.45, 2.75) is 19.5 Å². The highest BCUT2D eigenvalue weighted by atomic mass is 19.1. The maximum absolute atomic E-state index is 13.8. The lowest BCUT2D eigenvalue weighted by atomic mass is 10.1. The molecule has 3 rings (SSSR count). The Morgan fingerprint density at radius 2 is 1.86 bits per heavy atom. The number of hydrogen-bond acceptors (Lipinski definition) is 4. The molecule has 0 spiro atoms. The first-order valence-electron chi connectivity index (χ1n) is 8.65. The number of benzene rings is 2. The number of carbonyl (C=O) groups excluding carboxylic acids is 1. The first kappa shape index (κ1) is 19.5. The first-order chi connectivity index (χ1) is 13.4. The van der Waals surface area contributed by atoms with Crippen molar-refractivity contribution >= 4 is 5.91 Å². The van der Waals surface area contributed by atoms with E-state index in [-0.39, 0.29) is 29.8 Å². The predicted molar refractivity (Wildman–Crippen MR) is 99.0 cm³/mol. The molecule has 0 radical (unpaired) electrons. The van der Waals surface area contributed by atoms with Crippen LogP contribution in [0.4, 0.5) is 8.78 Å². The van der Waals surface area contributed by atoms with Crippen molar-refractivity contribution in [1.29, 1.82) is 0 Å². The second-order valence-electron chi connectivity index (χ2n) is 6.34. The van der Waals surface area contributed by atoms with Crippen molar-refractivity contribution in [3.05, 3.63) is 77.1 Å². The van der Waals surface area contributed by atoms with E-state index < -0.39 is 11.6 Å². The van der Waals surface area contributed by atoms with Gasteiger partial charge in [-0.3, -0.25) is 4.79 Å². The number of para-hydroxylation sites is 1. The molecule has 0 aliphatic rings. The van der Waals surface area contributed by atoms with Gasteiger partial charge in [-0.05, 0) is 25.1 Å². The third kappa shape index (κ3) is 3.85. The van der Waals surface area contributed by atoms with Crippen molar-refractivity contribution < 1.29 is 18.3 Å². The third-order valence-corrected chi connectivity index (χ3v) is 4.63. The van der Waals surface area contributed by atoms with E-state index in [2.05, 4.69) is 10.3 Å². The minimum atomic E-state index is -0.676. The summed E-state index contributed by atoms with van der Waals surface area (Å²) in [6.45, 7) is 1.71. The number of rotatable bonds is 6. The second-order valence-corrected chi connectivity index (χ2v) is 6.34. The topological polar surface area (TPSA) is 60.2 Å². The maximum Gasteiger partial charge on any atom is 0.276 e. The van der Waals surface area contributed by atoms with E-state index in [1.807, 2.05) is 31.2 Å². The fourth-order valence-electron chi connectivity index (χ4n) is 2.90. The lowest BCUT2D eigenvalue weighted by Gasteiger charge is -2.25. The van der Waals surface area contributed by atoms with E-state index in [0.717, 1.165) is 5.56 Å². The van der Waals surface area contributed by atoms with Gasteiger partial charge in [0.15, 0.2) is 5.69 Å². The van der Waals surface area contributed by atoms with Gasteiger partial charge in [0.2, 0.25) is 0 Å². The van der Waals surface area contributed by atoms with Crippen LogP contribution in [0.5, 0.6) is 5.75 Å². The Labute approximate surface area is 161 Å². The highest BCUT2D eigenvalue weighted by Crippen LogP contribution is 2.28. The summed E-state index contributed by atoms with van der Waals surface area (Å²) in [7, 11) is 3.22. The SMILES string of the molecule is COc1ccccc1[C@H](C)N(C)C(=O)c1cn(Cc2c(F)cccc2F)nn1. The number of methoxy groups -OCH3 is 1. The predicted octanol–water partition coefficient (Wildman–Crippen LogP) is 3.45. The van der Waals surface area contributed by atoms with Crippen molar-refractivity contribution in [2.24, 2.45) is 0 Å². The van der Waals surface area contributed by atoms with Crippen LogP contribution in [0, 0.1) is 11.6 Å². The van der Waals surface area contributed by atoms with Crippen molar-refractivity contribution in [3.63, 3.8) is 0 Å². The standard InChI is InChI=1S/C20H20F2N4O2/c1-13(14-7-4-5-10-19(14)28-3)25(2)20(27)18-12-26(24-23-18)11-15-16(21)8-6-9-17(15)22/h4-10,12-13H,11H2,1-3H3/t13-/m0/s1. The number of hydrogen-bond donors (Lipinski definition) is 0. The molecule has 1 atom stereocenters. The summed E-state index contributed by atoms with van der Waals surface area (Å²) < 4.78 is 34.2. The molecule has 0 aliphatic heterocycles. The smallest absolute Gasteiger partial charge is 0.276 e. The molecular weight excluding hydrogens is 366 g/mol. The van der Waals surface area contributed by atoms with Crippen LogP contribution in [0.1, 0.15) is 34.6 Å². The summed E-state index contributed by atoms with van der Waals surface area (Å²) >= 11 is 0. The quantitative estimate of drug-likeness (QED) is 0.651. The van der Waals surface area contributed by atoms with Gasteiger partial charge in [-0.1, -0.05) is 29.5 Å². The molecular formula is C20H20F2N4O2. The Balaban J connectivity index is 1.78. The van der Waals surface area contributed by atoms with Crippen LogP contribution in [-0.2, 0) is 6.54 Å². The zero-order valence-electron chi connectivity index (χ0n) is 15.8. The molecule has 0 unspecified atom stereocenters. The molecule has 28 heavy (non-hydrogen) atoms. The molecule has 0 saturated carbocycles. The number of amides is 1. The molecule has 1 amide bonds. The van der Waals surface area contributed by atoms with Crippen LogP contribution in [0.3, 0.4) is 0 Å². The maximum atomic E-state index is 13.8. The van der Waals surface area contributed by atoms with Crippen LogP contribution in [0.25, 0.3) is 0 Å². The van der Waals surface area contributed by atoms with Crippen LogP contribution >= 0.6 is 0 Å². The molecule has 6 nitrogen and oxygen atoms in total. The number of ether oxygens (including phenoxy) is 1. The van der Waals surface area contributed by atoms with Crippen molar-refractivity contribution in [2.75, 3.05) is 14.2 Å². The molecule has 146 valence electrons. The first-order valence-corrected chi connectivity index (χ1v) is 8.65. The monoisotopic (exact) mass is 386 g/mol. The van der Waals surface area contributed by atoms with Crippen LogP contribution < -0.4 is 4.74 Å². The fourth-order valence-corrected chi connectivity index (χ4v) is 2.90. The van der Waals surface area contributed by atoms with Crippen LogP contribution in [0.15, 0.2) is 48.7 Å². The number of nitrogens with zero attached hydrogens (tertiary/aromatic N) is 4. The van der Waals surface area contributed by atoms with Gasteiger partial charge >= 0.3 is 0 Å². The second kappa shape index (κ2) is 8.16. The van der Waals surface area contributed by atoms with Crippen LogP contribution in [-0.4, -0.2) is 40.0 Å². The largest absolute Gasteiger partial charge is 0.496 e. The van der Waals surface area contributed by atoms with E-state index in [0.29, 0.717) is 5.75 Å². The molecule has 2 aromatic carbocycles. The molecule has 0 saturated heterocycles. The summed E-state index contributed by atoms with van der Waals surface area (Å²) in [5.74, 6) is -1.04. The molecule has 0 N–H and O–H groups in total. The van der Waals surface area contributed by atoms with E-state index >= 15 is 0 Å². The average molecular weight is 386 g/mol. The van der Waals surface area contributed by atoms with Crippen LogP contribution in [0.2, 0.25) is 0 Å². The van der Waals surface area contributed by atoms with Gasteiger partial charge in [0.05, 0.1) is 25.9 Å². The van der Waals surface area contributed by atoms with E-state index in [1.165, 1.54) is 34.0 Å². The summed E-state index contributed by atoms with van der Waals surface area (Å²) in [6, 6.07) is 10.8. The van der Waals surface area contributed by atoms with E-state index in [1.54, 1.807) is 14.2 Å². The third-order valence-electron chi connectivity index (χ3n) is 4.63. The zero-order chi connectivity index (χ0) is 20.3. The summed E-state index contributed by atoms with van der Waals surface area (Å²) in [5.41, 5.74) is 0.796. The molecule has 1 heterocycles. The molecule has 0 aliphatic carbocycles. The van der Waals surface area contributed by atoms with Crippen molar-refractivity contribution in [3.8, 4) is 5.75 Å². The summed E-state index contributed by atoms with van der Waals surface area (Å²) in [5, 5.41) is 7.68. The Kier molecular flexibility index (Phi) is 5.67. The van der Waals surface area contributed by atoms with Gasteiger partial charge in [0.1, 0.15) is 17.4 Å². The molecule has 0 bridgehead atoms. The van der Waals surface area contributed by atoms with Gasteiger partial charge in [-0.2, -0.15) is 0 Å². The number of carbonyl (C=O) groups is 1. The average Bonchev–Trinajstić information content (AvgIpc) is 3.17. The zero-order valence-corrected chi connectivity index (χ0v) is 15.8. The Bertz CT molecular complexity index is 970. The van der Waals surface area contributed by atoms with E-state index in [9.17, 15) is 13.6 Å². The fraction of sp³-hybridized carbons (Fsp3) is 0.250. The van der Waals surface area contributed by atoms with Gasteiger partial charge in [-0.25, -0.2) is 13.5 Å². The minimum absolute atomic E-state index is 0.0843. The highest BCUT2D eigenvalue weighted by molar-refractivity contribution is 5.92. The lowest BCUT2D eigenvalue weighted by Crippen LogP contribution is -2.30. The Hall–Kier alpha value is -3.29. The highest BCUT2D eigenvalue weighted by Gasteiger charge is 2.23. The van der Waals surface area contributed by atoms with Crippen molar-refractivity contribution in [1.82, 2.24) is 19.9 Å². The van der Waals surface area contributed by atoms with E-state index in [4.69, 9.17) is 4.74 Å². The normalized spacial score (nSPS) is 11.9. The summed E-state index contributed by atoms with van der Waals surface area (Å²) in [6.07, 6.45) is 1.37. The molecule has 3 aromatic rings. The Morgan fingerprint density at radius 3 is 2.54 bits per heavy atom. The molecule has 1 aromatic heterocycles. The lowest BCUT2D eigenvalue weighted by molar-refractivity contribution is 0.0735. The minimum Gasteiger partial charge on any atom is -0.496 e. The Morgan fingerprint density at radius 1 is 1.18 bits per heavy atom. The number of halogens is 2. The summed E-state index contributed by atoms with van der Waals surface area (Å²) in [4.78, 5) is 14.3. The molecule has 0 fully saturated rings. The number of aromatic nitrogens is 3.